The Morgan fingerprint density at radius 1 is 1.48 bits per heavy atom. The van der Waals surface area contributed by atoms with Crippen LogP contribution in [0.1, 0.15) is 18.3 Å². The molecule has 0 aliphatic rings. The molecular formula is C14H19FN4OS. The molecule has 5 nitrogen and oxygen atoms in total. The van der Waals surface area contributed by atoms with Crippen molar-refractivity contribution >= 4 is 11.8 Å². The summed E-state index contributed by atoms with van der Waals surface area (Å²) in [5, 5.41) is 13.5. The fraction of sp³-hybridized carbons (Fsp3) is 0.429. The Kier molecular flexibility index (Phi) is 5.72. The van der Waals surface area contributed by atoms with Crippen molar-refractivity contribution in [3.63, 3.8) is 0 Å². The fourth-order valence-corrected chi connectivity index (χ4v) is 2.50. The molecule has 0 fully saturated rings. The van der Waals surface area contributed by atoms with E-state index in [9.17, 15) is 4.39 Å². The number of halogens is 1. The fourth-order valence-electron chi connectivity index (χ4n) is 2.01. The van der Waals surface area contributed by atoms with E-state index in [4.69, 9.17) is 10.8 Å². The molecule has 0 saturated heterocycles. The highest BCUT2D eigenvalue weighted by atomic mass is 32.2. The van der Waals surface area contributed by atoms with Gasteiger partial charge in [-0.25, -0.2) is 14.1 Å². The second kappa shape index (κ2) is 7.53. The zero-order chi connectivity index (χ0) is 15.2. The Bertz CT molecular complexity index is 590. The summed E-state index contributed by atoms with van der Waals surface area (Å²) in [7, 11) is 0. The lowest BCUT2D eigenvalue weighted by molar-refractivity contribution is 0.265. The molecule has 2 aromatic rings. The summed E-state index contributed by atoms with van der Waals surface area (Å²) in [5.41, 5.74) is 6.74. The van der Waals surface area contributed by atoms with Gasteiger partial charge in [0.2, 0.25) is 0 Å². The maximum absolute atomic E-state index is 13.3. The van der Waals surface area contributed by atoms with Gasteiger partial charge in [-0.05, 0) is 30.6 Å². The van der Waals surface area contributed by atoms with E-state index in [1.165, 1.54) is 12.1 Å². The van der Waals surface area contributed by atoms with Crippen molar-refractivity contribution in [3.8, 4) is 11.4 Å². The van der Waals surface area contributed by atoms with Gasteiger partial charge in [-0.1, -0.05) is 12.1 Å². The van der Waals surface area contributed by atoms with E-state index in [1.807, 2.05) is 6.26 Å². The third-order valence-electron chi connectivity index (χ3n) is 3.06. The maximum atomic E-state index is 13.3. The Morgan fingerprint density at radius 2 is 2.29 bits per heavy atom. The van der Waals surface area contributed by atoms with Crippen LogP contribution in [0.25, 0.3) is 11.4 Å². The minimum atomic E-state index is -0.334. The van der Waals surface area contributed by atoms with E-state index in [0.29, 0.717) is 23.8 Å². The highest BCUT2D eigenvalue weighted by Gasteiger charge is 2.17. The van der Waals surface area contributed by atoms with Crippen LogP contribution in [0.3, 0.4) is 0 Å². The quantitative estimate of drug-likeness (QED) is 0.816. The Balaban J connectivity index is 2.32. The third-order valence-corrected chi connectivity index (χ3v) is 3.70. The van der Waals surface area contributed by atoms with Gasteiger partial charge >= 0.3 is 0 Å². The molecule has 0 radical (unpaired) electrons. The molecule has 1 aromatic heterocycles. The number of aromatic nitrogens is 3. The van der Waals surface area contributed by atoms with E-state index in [0.717, 1.165) is 12.2 Å². The lowest BCUT2D eigenvalue weighted by Crippen LogP contribution is -2.19. The maximum Gasteiger partial charge on any atom is 0.181 e. The van der Waals surface area contributed by atoms with E-state index in [2.05, 4.69) is 10.1 Å². The summed E-state index contributed by atoms with van der Waals surface area (Å²) >= 11 is 1.71. The zero-order valence-corrected chi connectivity index (χ0v) is 12.7. The van der Waals surface area contributed by atoms with Gasteiger partial charge in [0.15, 0.2) is 5.82 Å². The van der Waals surface area contributed by atoms with Gasteiger partial charge in [0.1, 0.15) is 11.6 Å². The van der Waals surface area contributed by atoms with Crippen LogP contribution < -0.4 is 5.73 Å². The monoisotopic (exact) mass is 310 g/mol. The van der Waals surface area contributed by atoms with Gasteiger partial charge in [0, 0.05) is 5.56 Å². The Morgan fingerprint density at radius 3 is 2.95 bits per heavy atom. The summed E-state index contributed by atoms with van der Waals surface area (Å²) in [6.07, 6.45) is 2.79. The molecule has 1 atom stereocenters. The second-order valence-corrected chi connectivity index (χ2v) is 5.62. The van der Waals surface area contributed by atoms with E-state index in [1.54, 1.807) is 28.6 Å². The molecule has 0 amide bonds. The highest BCUT2D eigenvalue weighted by Crippen LogP contribution is 2.21. The summed E-state index contributed by atoms with van der Waals surface area (Å²) in [5.74, 6) is 1.64. The van der Waals surface area contributed by atoms with E-state index < -0.39 is 0 Å². The van der Waals surface area contributed by atoms with Crippen molar-refractivity contribution in [1.29, 1.82) is 0 Å². The average molecular weight is 310 g/mol. The van der Waals surface area contributed by atoms with Gasteiger partial charge < -0.3 is 10.8 Å². The molecule has 0 unspecified atom stereocenters. The van der Waals surface area contributed by atoms with Crippen molar-refractivity contribution in [3.05, 3.63) is 35.9 Å². The summed E-state index contributed by atoms with van der Waals surface area (Å²) in [6, 6.07) is 5.87. The predicted molar refractivity (Wildman–Crippen MR) is 82.4 cm³/mol. The molecule has 0 aliphatic heterocycles. The highest BCUT2D eigenvalue weighted by molar-refractivity contribution is 7.98. The van der Waals surface area contributed by atoms with Crippen molar-refractivity contribution < 1.29 is 9.50 Å². The van der Waals surface area contributed by atoms with Crippen LogP contribution in [0.2, 0.25) is 0 Å². The van der Waals surface area contributed by atoms with Crippen molar-refractivity contribution in [2.75, 3.05) is 18.6 Å². The molecule has 3 N–H and O–H groups in total. The molecule has 114 valence electrons. The molecule has 0 spiro atoms. The van der Waals surface area contributed by atoms with Crippen LogP contribution in [0.15, 0.2) is 24.3 Å². The second-order valence-electron chi connectivity index (χ2n) is 4.64. The Hall–Kier alpha value is -1.44. The average Bonchev–Trinajstić information content (AvgIpc) is 2.89. The molecule has 0 aliphatic carbocycles. The Labute approximate surface area is 127 Å². The normalized spacial score (nSPS) is 12.6. The van der Waals surface area contributed by atoms with E-state index >= 15 is 0 Å². The van der Waals surface area contributed by atoms with Crippen LogP contribution in [0, 0.1) is 5.82 Å². The first-order valence-electron chi connectivity index (χ1n) is 6.71. The topological polar surface area (TPSA) is 77.0 Å². The molecule has 7 heteroatoms. The molecular weight excluding hydrogens is 291 g/mol. The smallest absolute Gasteiger partial charge is 0.181 e. The molecule has 0 saturated carbocycles. The lowest BCUT2D eigenvalue weighted by atomic mass is 10.2. The number of thioether (sulfide) groups is 1. The minimum Gasteiger partial charge on any atom is -0.394 e. The minimum absolute atomic E-state index is 0.0474. The summed E-state index contributed by atoms with van der Waals surface area (Å²) in [4.78, 5) is 4.43. The van der Waals surface area contributed by atoms with Gasteiger partial charge in [-0.3, -0.25) is 0 Å². The number of benzene rings is 1. The largest absolute Gasteiger partial charge is 0.394 e. The number of aliphatic hydroxyl groups is 1. The van der Waals surface area contributed by atoms with Crippen LogP contribution in [0.5, 0.6) is 0 Å². The molecule has 21 heavy (non-hydrogen) atoms. The van der Waals surface area contributed by atoms with E-state index in [-0.39, 0.29) is 18.5 Å². The van der Waals surface area contributed by atoms with Gasteiger partial charge in [-0.15, -0.1) is 0 Å². The summed E-state index contributed by atoms with van der Waals surface area (Å²) < 4.78 is 14.9. The zero-order valence-electron chi connectivity index (χ0n) is 11.9. The number of hydrogen-bond donors (Lipinski definition) is 2. The first kappa shape index (κ1) is 15.9. The molecule has 1 aromatic carbocycles. The van der Waals surface area contributed by atoms with Crippen molar-refractivity contribution in [1.82, 2.24) is 14.8 Å². The molecule has 0 bridgehead atoms. The van der Waals surface area contributed by atoms with Crippen molar-refractivity contribution in [2.24, 2.45) is 5.73 Å². The number of nitrogens with two attached hydrogens (primary N) is 1. The van der Waals surface area contributed by atoms with Crippen molar-refractivity contribution in [2.45, 2.75) is 19.0 Å². The van der Waals surface area contributed by atoms with Gasteiger partial charge in [-0.2, -0.15) is 16.9 Å². The standard InChI is InChI=1S/C14H19FN4OS/c1-21-8-5-12(16)14-17-13(18-19(14)6-7-20)10-3-2-4-11(15)9-10/h2-4,9,12,20H,5-8,16H2,1H3/t12-/m0/s1. The van der Waals surface area contributed by atoms with Crippen LogP contribution in [0.4, 0.5) is 4.39 Å². The summed E-state index contributed by atoms with van der Waals surface area (Å²) in [6.45, 7) is 0.277. The number of aliphatic hydroxyl groups excluding tert-OH is 1. The SMILES string of the molecule is CSCC[C@H](N)c1nc(-c2cccc(F)c2)nn1CCO. The predicted octanol–water partition coefficient (Wildman–Crippen LogP) is 1.83. The third kappa shape index (κ3) is 4.03. The van der Waals surface area contributed by atoms with Crippen LogP contribution in [-0.2, 0) is 6.54 Å². The van der Waals surface area contributed by atoms with Crippen LogP contribution in [-0.4, -0.2) is 38.5 Å². The number of nitrogens with zero attached hydrogens (tertiary/aromatic N) is 3. The first-order valence-corrected chi connectivity index (χ1v) is 8.11. The van der Waals surface area contributed by atoms with Gasteiger partial charge in [0.05, 0.1) is 19.2 Å². The lowest BCUT2D eigenvalue weighted by Gasteiger charge is -2.10. The van der Waals surface area contributed by atoms with Crippen LogP contribution >= 0.6 is 11.8 Å². The number of hydrogen-bond acceptors (Lipinski definition) is 5. The van der Waals surface area contributed by atoms with Gasteiger partial charge in [0.25, 0.3) is 0 Å². The first-order chi connectivity index (χ1) is 10.2. The molecule has 2 rings (SSSR count). The number of rotatable bonds is 7. The molecule has 1 heterocycles.